The number of alkyl halides is 3. The Morgan fingerprint density at radius 1 is 1.00 bits per heavy atom. The molecule has 0 spiro atoms. The first kappa shape index (κ1) is 30.8. The van der Waals surface area contributed by atoms with Gasteiger partial charge in [0.2, 0.25) is 0 Å². The van der Waals surface area contributed by atoms with Crippen LogP contribution in [0.1, 0.15) is 31.9 Å². The van der Waals surface area contributed by atoms with E-state index in [0.29, 0.717) is 16.2 Å². The molecule has 0 saturated carbocycles. The van der Waals surface area contributed by atoms with Gasteiger partial charge < -0.3 is 19.5 Å². The SMILES string of the molecule is COc1ccc(CNC(=O)C2=CC(Cc3ccc(OC(F)(F)F)cc3)C(=O)C3=C2SCN3NC(=O)OC(C)(C)C)cc1. The number of hydrogen-bond donors (Lipinski definition) is 2. The van der Waals surface area contributed by atoms with Crippen LogP contribution < -0.4 is 20.2 Å². The van der Waals surface area contributed by atoms with Crippen LogP contribution in [0.4, 0.5) is 18.0 Å². The molecular weight excluding hydrogens is 575 g/mol. The number of nitrogens with zero attached hydrogens (tertiary/aromatic N) is 1. The second-order valence-corrected chi connectivity index (χ2v) is 11.4. The monoisotopic (exact) mass is 605 g/mol. The van der Waals surface area contributed by atoms with Crippen LogP contribution >= 0.6 is 11.8 Å². The number of amides is 2. The van der Waals surface area contributed by atoms with E-state index in [1.165, 1.54) is 28.9 Å². The summed E-state index contributed by atoms with van der Waals surface area (Å²) in [5.41, 5.74) is 3.60. The molecule has 1 heterocycles. The fraction of sp³-hybridized carbons (Fsp3) is 0.345. The lowest BCUT2D eigenvalue weighted by atomic mass is 9.86. The predicted molar refractivity (Wildman–Crippen MR) is 149 cm³/mol. The normalized spacial score (nSPS) is 16.9. The molecule has 0 radical (unpaired) electrons. The van der Waals surface area contributed by atoms with Crippen LogP contribution in [-0.2, 0) is 27.3 Å². The first-order chi connectivity index (χ1) is 19.7. The summed E-state index contributed by atoms with van der Waals surface area (Å²) >= 11 is 1.22. The number of halogens is 3. The Labute approximate surface area is 245 Å². The molecule has 1 aliphatic heterocycles. The first-order valence-electron chi connectivity index (χ1n) is 12.9. The highest BCUT2D eigenvalue weighted by atomic mass is 32.2. The number of rotatable bonds is 8. The van der Waals surface area contributed by atoms with E-state index >= 15 is 0 Å². The van der Waals surface area contributed by atoms with E-state index in [1.54, 1.807) is 46.1 Å². The maximum atomic E-state index is 13.7. The van der Waals surface area contributed by atoms with Crippen molar-refractivity contribution < 1.29 is 41.8 Å². The number of thioether (sulfide) groups is 1. The second-order valence-electron chi connectivity index (χ2n) is 10.5. The summed E-state index contributed by atoms with van der Waals surface area (Å²) in [5.74, 6) is -1.16. The Kier molecular flexibility index (Phi) is 9.09. The molecule has 224 valence electrons. The van der Waals surface area contributed by atoms with E-state index < -0.39 is 29.9 Å². The molecular formula is C29H30F3N3O6S. The van der Waals surface area contributed by atoms with Crippen molar-refractivity contribution in [1.29, 1.82) is 0 Å². The van der Waals surface area contributed by atoms with Gasteiger partial charge in [0.05, 0.1) is 23.5 Å². The van der Waals surface area contributed by atoms with Gasteiger partial charge in [-0.2, -0.15) is 0 Å². The molecule has 2 aromatic carbocycles. The zero-order chi connectivity index (χ0) is 30.7. The Morgan fingerprint density at radius 2 is 1.62 bits per heavy atom. The number of carbonyl (C=O) groups excluding carboxylic acids is 3. The molecule has 9 nitrogen and oxygen atoms in total. The maximum absolute atomic E-state index is 13.7. The summed E-state index contributed by atoms with van der Waals surface area (Å²) in [5, 5.41) is 4.23. The van der Waals surface area contributed by atoms with E-state index in [1.807, 2.05) is 12.1 Å². The number of allylic oxidation sites excluding steroid dienone is 2. The van der Waals surface area contributed by atoms with Crippen LogP contribution in [0.3, 0.4) is 0 Å². The molecule has 0 aromatic heterocycles. The van der Waals surface area contributed by atoms with Crippen LogP contribution in [0.5, 0.6) is 11.5 Å². The Hall–Kier alpha value is -4.13. The smallest absolute Gasteiger partial charge is 0.497 e. The van der Waals surface area contributed by atoms with Gasteiger partial charge in [-0.15, -0.1) is 13.2 Å². The summed E-state index contributed by atoms with van der Waals surface area (Å²) < 4.78 is 52.1. The summed E-state index contributed by atoms with van der Waals surface area (Å²) in [6.07, 6.45) is -3.93. The third-order valence-corrected chi connectivity index (χ3v) is 7.19. The van der Waals surface area contributed by atoms with Crippen molar-refractivity contribution in [2.24, 2.45) is 5.92 Å². The van der Waals surface area contributed by atoms with Gasteiger partial charge >= 0.3 is 12.5 Å². The largest absolute Gasteiger partial charge is 0.573 e. The van der Waals surface area contributed by atoms with Gasteiger partial charge in [0, 0.05) is 12.5 Å². The van der Waals surface area contributed by atoms with E-state index in [2.05, 4.69) is 15.5 Å². The highest BCUT2D eigenvalue weighted by Crippen LogP contribution is 2.42. The lowest BCUT2D eigenvalue weighted by molar-refractivity contribution is -0.274. The lowest BCUT2D eigenvalue weighted by Gasteiger charge is -2.28. The first-order valence-corrected chi connectivity index (χ1v) is 13.9. The molecule has 1 aliphatic carbocycles. The number of nitrogens with one attached hydrogen (secondary N) is 2. The number of hydrazine groups is 1. The summed E-state index contributed by atoms with van der Waals surface area (Å²) in [4.78, 5) is 40.0. The highest BCUT2D eigenvalue weighted by molar-refractivity contribution is 8.03. The Morgan fingerprint density at radius 3 is 2.21 bits per heavy atom. The average Bonchev–Trinajstić information content (AvgIpc) is 3.32. The zero-order valence-electron chi connectivity index (χ0n) is 23.3. The van der Waals surface area contributed by atoms with E-state index in [0.717, 1.165) is 17.7 Å². The molecule has 2 N–H and O–H groups in total. The van der Waals surface area contributed by atoms with Crippen LogP contribution in [-0.4, -0.2) is 47.7 Å². The predicted octanol–water partition coefficient (Wildman–Crippen LogP) is 5.24. The van der Waals surface area contributed by atoms with Gasteiger partial charge in [-0.25, -0.2) is 10.2 Å². The molecule has 2 aromatic rings. The van der Waals surface area contributed by atoms with Crippen molar-refractivity contribution in [2.75, 3.05) is 13.0 Å². The van der Waals surface area contributed by atoms with Gasteiger partial charge in [0.15, 0.2) is 5.78 Å². The van der Waals surface area contributed by atoms with Crippen molar-refractivity contribution in [3.8, 4) is 11.5 Å². The van der Waals surface area contributed by atoms with Gasteiger partial charge in [-0.3, -0.25) is 14.6 Å². The quantitative estimate of drug-likeness (QED) is 0.421. The van der Waals surface area contributed by atoms with Crippen molar-refractivity contribution in [2.45, 2.75) is 45.7 Å². The summed E-state index contributed by atoms with van der Waals surface area (Å²) in [6.45, 7) is 5.33. The molecule has 13 heteroatoms. The minimum absolute atomic E-state index is 0.0993. The Bertz CT molecular complexity index is 1400. The van der Waals surface area contributed by atoms with Crippen molar-refractivity contribution in [3.63, 3.8) is 0 Å². The van der Waals surface area contributed by atoms with Gasteiger partial charge in [-0.05, 0) is 62.6 Å². The fourth-order valence-electron chi connectivity index (χ4n) is 4.29. The van der Waals surface area contributed by atoms with Gasteiger partial charge in [0.1, 0.15) is 22.8 Å². The maximum Gasteiger partial charge on any atom is 0.573 e. The van der Waals surface area contributed by atoms with Crippen molar-refractivity contribution >= 4 is 29.5 Å². The van der Waals surface area contributed by atoms with Crippen LogP contribution in [0.2, 0.25) is 0 Å². The number of ether oxygens (including phenoxy) is 3. The highest BCUT2D eigenvalue weighted by Gasteiger charge is 2.41. The summed E-state index contributed by atoms with van der Waals surface area (Å²) in [6, 6.07) is 12.3. The van der Waals surface area contributed by atoms with Crippen molar-refractivity contribution in [3.05, 3.63) is 81.9 Å². The number of benzene rings is 2. The lowest BCUT2D eigenvalue weighted by Crippen LogP contribution is -2.45. The number of Topliss-reactive ketones (excluding diaryl/α,β-unsaturated/α-hetero) is 1. The minimum Gasteiger partial charge on any atom is -0.497 e. The molecule has 42 heavy (non-hydrogen) atoms. The average molecular weight is 606 g/mol. The molecule has 2 amide bonds. The minimum atomic E-state index is -4.83. The molecule has 0 bridgehead atoms. The molecule has 2 aliphatic rings. The van der Waals surface area contributed by atoms with Crippen LogP contribution in [0.25, 0.3) is 0 Å². The summed E-state index contributed by atoms with van der Waals surface area (Å²) in [7, 11) is 1.56. The van der Waals surface area contributed by atoms with E-state index in [9.17, 15) is 27.6 Å². The molecule has 1 unspecified atom stereocenters. The number of ketones is 1. The molecule has 1 atom stereocenters. The zero-order valence-corrected chi connectivity index (χ0v) is 24.2. The standard InChI is InChI=1S/C29H30F3N3O6S/c1-28(2,3)41-27(38)34-35-16-42-25-22(26(37)33-15-18-7-9-20(39-4)10-8-18)14-19(24(36)23(25)35)13-17-5-11-21(12-6-17)40-29(30,31)32/h5-12,14,19H,13,15-16H2,1-4H3,(H,33,37)(H,34,38). The molecule has 0 saturated heterocycles. The van der Waals surface area contributed by atoms with Crippen LogP contribution in [0, 0.1) is 5.92 Å². The fourth-order valence-corrected chi connectivity index (χ4v) is 5.41. The van der Waals surface area contributed by atoms with E-state index in [-0.39, 0.29) is 41.6 Å². The third kappa shape index (κ3) is 7.99. The molecule has 0 fully saturated rings. The Balaban J connectivity index is 1.58. The van der Waals surface area contributed by atoms with Crippen LogP contribution in [0.15, 0.2) is 70.8 Å². The topological polar surface area (TPSA) is 106 Å². The van der Waals surface area contributed by atoms with E-state index in [4.69, 9.17) is 9.47 Å². The number of hydrogen-bond acceptors (Lipinski definition) is 8. The number of methoxy groups -OCH3 is 1. The van der Waals surface area contributed by atoms with Gasteiger partial charge in [-0.1, -0.05) is 42.1 Å². The second kappa shape index (κ2) is 12.4. The van der Waals surface area contributed by atoms with Gasteiger partial charge in [0.25, 0.3) is 5.91 Å². The van der Waals surface area contributed by atoms with Crippen molar-refractivity contribution in [1.82, 2.24) is 15.8 Å². The molecule has 4 rings (SSSR count). The number of carbonyl (C=O) groups is 3. The third-order valence-electron chi connectivity index (χ3n) is 6.10.